The molecule has 0 amide bonds. The van der Waals surface area contributed by atoms with Crippen LogP contribution in [-0.4, -0.2) is 20.8 Å². The summed E-state index contributed by atoms with van der Waals surface area (Å²) in [7, 11) is -2.77. The topological polar surface area (TPSA) is 18.5 Å². The molecule has 0 heterocycles. The number of hydrogen-bond acceptors (Lipinski definition) is 2. The Morgan fingerprint density at radius 2 is 0.897 bits per heavy atom. The molecule has 0 bridgehead atoms. The van der Waals surface area contributed by atoms with Crippen LogP contribution in [0.2, 0.25) is 0 Å². The average Bonchev–Trinajstić information content (AvgIpc) is 2.76. The normalized spacial score (nSPS) is 19.4. The van der Waals surface area contributed by atoms with Gasteiger partial charge < -0.3 is 8.85 Å². The maximum atomic E-state index is 7.15. The Morgan fingerprint density at radius 3 is 1.24 bits per heavy atom. The van der Waals surface area contributed by atoms with Gasteiger partial charge in [-0.3, -0.25) is 0 Å². The monoisotopic (exact) mass is 408 g/mol. The van der Waals surface area contributed by atoms with Crippen LogP contribution in [0.5, 0.6) is 0 Å². The summed E-state index contributed by atoms with van der Waals surface area (Å²) in [5.74, 6) is 0. The predicted molar refractivity (Wildman–Crippen MR) is 123 cm³/mol. The van der Waals surface area contributed by atoms with Gasteiger partial charge in [0, 0.05) is 12.2 Å². The Hall–Kier alpha value is -1.42. The van der Waals surface area contributed by atoms with Crippen molar-refractivity contribution in [2.24, 2.45) is 0 Å². The number of hydrogen-bond donors (Lipinski definition) is 0. The third-order valence-electron chi connectivity index (χ3n) is 6.63. The Labute approximate surface area is 177 Å². The van der Waals surface area contributed by atoms with Gasteiger partial charge >= 0.3 is 8.56 Å². The molecule has 3 heteroatoms. The summed E-state index contributed by atoms with van der Waals surface area (Å²) in [6.07, 6.45) is 13.1. The number of aryl methyl sites for hydroxylation is 2. The van der Waals surface area contributed by atoms with Crippen LogP contribution in [0.25, 0.3) is 0 Å². The molecule has 0 unspecified atom stereocenters. The first-order chi connectivity index (χ1) is 14.2. The molecule has 0 saturated heterocycles. The van der Waals surface area contributed by atoms with Crippen LogP contribution in [0, 0.1) is 13.8 Å². The smallest absolute Gasteiger partial charge is 0.385 e. The maximum absolute atomic E-state index is 7.15. The molecule has 0 atom stereocenters. The molecule has 2 fully saturated rings. The van der Waals surface area contributed by atoms with E-state index in [1.807, 2.05) is 0 Å². The van der Waals surface area contributed by atoms with Gasteiger partial charge in [-0.1, -0.05) is 98.2 Å². The summed E-state index contributed by atoms with van der Waals surface area (Å²) in [5.41, 5.74) is 2.58. The zero-order valence-corrected chi connectivity index (χ0v) is 19.2. The highest BCUT2D eigenvalue weighted by atomic mass is 28.4. The zero-order valence-electron chi connectivity index (χ0n) is 18.2. The Kier molecular flexibility index (Phi) is 6.89. The van der Waals surface area contributed by atoms with Crippen LogP contribution in [0.15, 0.2) is 48.5 Å². The molecule has 0 N–H and O–H groups in total. The fraction of sp³-hybridized carbons (Fsp3) is 0.538. The zero-order chi connectivity index (χ0) is 20.1. The van der Waals surface area contributed by atoms with Crippen molar-refractivity contribution in [2.45, 2.75) is 90.3 Å². The lowest BCUT2D eigenvalue weighted by atomic mass is 9.98. The SMILES string of the molecule is Cc1ccc([Si](OC2CCCCC2)(OC2CCCCC2)c2ccc(C)cc2)cc1. The molecule has 0 spiro atoms. The Morgan fingerprint density at radius 1 is 0.552 bits per heavy atom. The average molecular weight is 409 g/mol. The fourth-order valence-corrected chi connectivity index (χ4v) is 8.40. The molecule has 156 valence electrons. The second-order valence-corrected chi connectivity index (χ2v) is 12.0. The maximum Gasteiger partial charge on any atom is 0.407 e. The molecular formula is C26H36O2Si. The second-order valence-electron chi connectivity index (χ2n) is 9.10. The third-order valence-corrected chi connectivity index (χ3v) is 10.2. The summed E-state index contributed by atoms with van der Waals surface area (Å²) >= 11 is 0. The van der Waals surface area contributed by atoms with Crippen LogP contribution in [0.1, 0.15) is 75.3 Å². The summed E-state index contributed by atoms with van der Waals surface area (Å²) in [4.78, 5) is 0. The first-order valence-corrected chi connectivity index (χ1v) is 13.5. The van der Waals surface area contributed by atoms with Gasteiger partial charge in [0.25, 0.3) is 0 Å². The minimum Gasteiger partial charge on any atom is -0.385 e. The van der Waals surface area contributed by atoms with Gasteiger partial charge in [0.1, 0.15) is 0 Å². The molecule has 2 aliphatic carbocycles. The van der Waals surface area contributed by atoms with Gasteiger partial charge in [0.05, 0.1) is 0 Å². The van der Waals surface area contributed by atoms with Crippen molar-refractivity contribution in [1.82, 2.24) is 0 Å². The van der Waals surface area contributed by atoms with Crippen molar-refractivity contribution in [2.75, 3.05) is 0 Å². The van der Waals surface area contributed by atoms with Crippen LogP contribution in [-0.2, 0) is 8.85 Å². The summed E-state index contributed by atoms with van der Waals surface area (Å²) in [5, 5.41) is 2.53. The van der Waals surface area contributed by atoms with Crippen molar-refractivity contribution >= 4 is 18.9 Å². The summed E-state index contributed by atoms with van der Waals surface area (Å²) in [6, 6.07) is 18.0. The van der Waals surface area contributed by atoms with Gasteiger partial charge in [-0.05, 0) is 49.9 Å². The quantitative estimate of drug-likeness (QED) is 0.583. The molecule has 2 aromatic carbocycles. The van der Waals surface area contributed by atoms with Gasteiger partial charge in [-0.25, -0.2) is 0 Å². The number of benzene rings is 2. The van der Waals surface area contributed by atoms with Gasteiger partial charge in [0.2, 0.25) is 0 Å². The van der Waals surface area contributed by atoms with Crippen molar-refractivity contribution < 1.29 is 8.85 Å². The molecule has 4 rings (SSSR count). The molecule has 2 aromatic rings. The minimum absolute atomic E-state index is 0.321. The summed E-state index contributed by atoms with van der Waals surface area (Å²) in [6.45, 7) is 4.31. The lowest BCUT2D eigenvalue weighted by Crippen LogP contribution is -2.66. The molecule has 2 nitrogen and oxygen atoms in total. The van der Waals surface area contributed by atoms with Gasteiger partial charge in [-0.15, -0.1) is 0 Å². The highest BCUT2D eigenvalue weighted by Gasteiger charge is 2.46. The molecule has 0 aromatic heterocycles. The first kappa shape index (κ1) is 20.8. The van der Waals surface area contributed by atoms with Gasteiger partial charge in [0.15, 0.2) is 0 Å². The van der Waals surface area contributed by atoms with E-state index in [0.29, 0.717) is 12.2 Å². The Balaban J connectivity index is 1.77. The van der Waals surface area contributed by atoms with E-state index < -0.39 is 8.56 Å². The van der Waals surface area contributed by atoms with E-state index in [1.165, 1.54) is 85.7 Å². The lowest BCUT2D eigenvalue weighted by Gasteiger charge is -2.40. The molecule has 29 heavy (non-hydrogen) atoms. The predicted octanol–water partition coefficient (Wildman–Crippen LogP) is 5.56. The first-order valence-electron chi connectivity index (χ1n) is 11.7. The van der Waals surface area contributed by atoms with Gasteiger partial charge in [-0.2, -0.15) is 0 Å². The minimum atomic E-state index is -2.77. The molecule has 0 radical (unpaired) electrons. The summed E-state index contributed by atoms with van der Waals surface area (Å²) < 4.78 is 14.3. The number of rotatable bonds is 6. The van der Waals surface area contributed by atoms with Crippen molar-refractivity contribution in [3.05, 3.63) is 59.7 Å². The molecular weight excluding hydrogens is 372 g/mol. The van der Waals surface area contributed by atoms with E-state index >= 15 is 0 Å². The highest BCUT2D eigenvalue weighted by Crippen LogP contribution is 2.28. The van der Waals surface area contributed by atoms with Crippen LogP contribution < -0.4 is 10.4 Å². The largest absolute Gasteiger partial charge is 0.407 e. The van der Waals surface area contributed by atoms with E-state index in [0.717, 1.165) is 0 Å². The van der Waals surface area contributed by atoms with Crippen LogP contribution in [0.3, 0.4) is 0 Å². The van der Waals surface area contributed by atoms with E-state index in [-0.39, 0.29) is 0 Å². The highest BCUT2D eigenvalue weighted by molar-refractivity contribution is 6.92. The molecule has 2 aliphatic rings. The lowest BCUT2D eigenvalue weighted by molar-refractivity contribution is 0.0618. The Bertz CT molecular complexity index is 689. The second kappa shape index (κ2) is 9.59. The van der Waals surface area contributed by atoms with E-state index in [9.17, 15) is 0 Å². The van der Waals surface area contributed by atoms with E-state index in [4.69, 9.17) is 8.85 Å². The van der Waals surface area contributed by atoms with Crippen LogP contribution >= 0.6 is 0 Å². The van der Waals surface area contributed by atoms with E-state index in [1.54, 1.807) is 0 Å². The fourth-order valence-electron chi connectivity index (χ4n) is 4.85. The standard InChI is InChI=1S/C26H36O2Si/c1-21-13-17-25(18-14-21)29(26-19-15-22(2)16-20-26,27-23-9-5-3-6-10-23)28-24-11-7-4-8-12-24/h13-20,23-24H,3-12H2,1-2H3. The van der Waals surface area contributed by atoms with Crippen LogP contribution in [0.4, 0.5) is 0 Å². The molecule has 0 aliphatic heterocycles. The van der Waals surface area contributed by atoms with E-state index in [2.05, 4.69) is 62.4 Å². The van der Waals surface area contributed by atoms with Crippen molar-refractivity contribution in [3.63, 3.8) is 0 Å². The van der Waals surface area contributed by atoms with Crippen molar-refractivity contribution in [1.29, 1.82) is 0 Å². The molecule has 2 saturated carbocycles. The third kappa shape index (κ3) is 5.02. The van der Waals surface area contributed by atoms with Crippen molar-refractivity contribution in [3.8, 4) is 0 Å².